The van der Waals surface area contributed by atoms with Crippen molar-refractivity contribution in [3.63, 3.8) is 0 Å². The highest BCUT2D eigenvalue weighted by Crippen LogP contribution is 2.44. The summed E-state index contributed by atoms with van der Waals surface area (Å²) in [6.07, 6.45) is 1.63. The van der Waals surface area contributed by atoms with Crippen molar-refractivity contribution in [1.82, 2.24) is 10.2 Å². The van der Waals surface area contributed by atoms with Crippen LogP contribution >= 0.6 is 11.3 Å². The van der Waals surface area contributed by atoms with Crippen molar-refractivity contribution < 1.29 is 9.53 Å². The van der Waals surface area contributed by atoms with Gasteiger partial charge in [0.25, 0.3) is 5.91 Å². The highest BCUT2D eigenvalue weighted by atomic mass is 32.1. The second-order valence-corrected chi connectivity index (χ2v) is 5.91. The van der Waals surface area contributed by atoms with Crippen molar-refractivity contribution in [1.29, 1.82) is 0 Å². The molecule has 0 aliphatic rings. The van der Waals surface area contributed by atoms with Gasteiger partial charge in [0.2, 0.25) is 0 Å². The van der Waals surface area contributed by atoms with Crippen LogP contribution in [0.3, 0.4) is 0 Å². The molecule has 1 heterocycles. The van der Waals surface area contributed by atoms with E-state index in [1.54, 1.807) is 13.2 Å². The lowest BCUT2D eigenvalue weighted by atomic mass is 10.3. The third-order valence-electron chi connectivity index (χ3n) is 2.93. The summed E-state index contributed by atoms with van der Waals surface area (Å²) in [6.45, 7) is 5.70. The second-order valence-electron chi connectivity index (χ2n) is 4.91. The van der Waals surface area contributed by atoms with Crippen LogP contribution in [-0.2, 0) is 0 Å². The largest absolute Gasteiger partial charge is 0.492 e. The average molecular weight is 312 g/mol. The van der Waals surface area contributed by atoms with E-state index in [2.05, 4.69) is 16.8 Å². The molecule has 0 fully saturated rings. The zero-order valence-corrected chi connectivity index (χ0v) is 13.9. The Morgan fingerprint density at radius 2 is 2.10 bits per heavy atom. The molecular formula is C14H24N4O2S. The predicted octanol–water partition coefficient (Wildman–Crippen LogP) is 1.25. The summed E-state index contributed by atoms with van der Waals surface area (Å²) in [5.41, 5.74) is 6.43. The van der Waals surface area contributed by atoms with Crippen LogP contribution < -0.4 is 20.7 Å². The van der Waals surface area contributed by atoms with Crippen molar-refractivity contribution in [2.45, 2.75) is 0 Å². The zero-order chi connectivity index (χ0) is 16.0. The maximum Gasteiger partial charge on any atom is 0.263 e. The standard InChI is InChI=1S/C14H24N4O2S/c1-6-7-16-13(19)12-10(15)11(20-5)14(21-12)18(4)9-8-17(2)3/h6H,1,7-9,15H2,2-5H3,(H,16,19). The molecule has 7 heteroatoms. The van der Waals surface area contributed by atoms with E-state index in [1.165, 1.54) is 11.3 Å². The Balaban J connectivity index is 2.99. The molecule has 0 aliphatic carbocycles. The van der Waals surface area contributed by atoms with Crippen LogP contribution in [-0.4, -0.2) is 58.7 Å². The highest BCUT2D eigenvalue weighted by Gasteiger charge is 2.23. The number of thiophene rings is 1. The van der Waals surface area contributed by atoms with Crippen molar-refractivity contribution >= 4 is 27.9 Å². The lowest BCUT2D eigenvalue weighted by Crippen LogP contribution is -2.28. The van der Waals surface area contributed by atoms with Crippen LogP contribution in [0, 0.1) is 0 Å². The molecule has 0 radical (unpaired) electrons. The van der Waals surface area contributed by atoms with E-state index in [1.807, 2.05) is 26.0 Å². The SMILES string of the molecule is C=CCNC(=O)c1sc(N(C)CCN(C)C)c(OC)c1N. The Bertz CT molecular complexity index is 499. The number of anilines is 2. The normalized spacial score (nSPS) is 10.5. The van der Waals surface area contributed by atoms with Crippen LogP contribution in [0.2, 0.25) is 0 Å². The minimum atomic E-state index is -0.206. The van der Waals surface area contributed by atoms with E-state index >= 15 is 0 Å². The Morgan fingerprint density at radius 3 is 2.62 bits per heavy atom. The summed E-state index contributed by atoms with van der Waals surface area (Å²) >= 11 is 1.34. The first-order chi connectivity index (χ1) is 9.92. The average Bonchev–Trinajstić information content (AvgIpc) is 2.79. The number of nitrogens with two attached hydrogens (primary N) is 1. The van der Waals surface area contributed by atoms with Gasteiger partial charge in [0.05, 0.1) is 7.11 Å². The Morgan fingerprint density at radius 1 is 1.43 bits per heavy atom. The number of hydrogen-bond donors (Lipinski definition) is 2. The highest BCUT2D eigenvalue weighted by molar-refractivity contribution is 7.19. The van der Waals surface area contributed by atoms with E-state index in [0.29, 0.717) is 22.9 Å². The molecule has 0 saturated heterocycles. The molecule has 1 aromatic rings. The Hall–Kier alpha value is -1.73. The molecular weight excluding hydrogens is 288 g/mol. The molecule has 0 unspecified atom stereocenters. The number of methoxy groups -OCH3 is 1. The number of carbonyl (C=O) groups excluding carboxylic acids is 1. The predicted molar refractivity (Wildman–Crippen MR) is 89.6 cm³/mol. The number of amides is 1. The second kappa shape index (κ2) is 7.90. The van der Waals surface area contributed by atoms with Gasteiger partial charge in [-0.2, -0.15) is 0 Å². The van der Waals surface area contributed by atoms with Crippen molar-refractivity contribution in [3.05, 3.63) is 17.5 Å². The molecule has 1 rings (SSSR count). The number of nitrogens with zero attached hydrogens (tertiary/aromatic N) is 2. The first-order valence-corrected chi connectivity index (χ1v) is 7.45. The van der Waals surface area contributed by atoms with E-state index < -0.39 is 0 Å². The quantitative estimate of drug-likeness (QED) is 0.707. The van der Waals surface area contributed by atoms with E-state index in [0.717, 1.165) is 18.1 Å². The maximum absolute atomic E-state index is 12.1. The maximum atomic E-state index is 12.1. The summed E-state index contributed by atoms with van der Waals surface area (Å²) in [7, 11) is 7.56. The lowest BCUT2D eigenvalue weighted by Gasteiger charge is -2.20. The Labute approximate surface area is 130 Å². The molecule has 0 spiro atoms. The first-order valence-electron chi connectivity index (χ1n) is 6.63. The fourth-order valence-electron chi connectivity index (χ4n) is 1.73. The summed E-state index contributed by atoms with van der Waals surface area (Å²) in [5, 5.41) is 3.60. The number of ether oxygens (including phenoxy) is 1. The minimum absolute atomic E-state index is 0.206. The van der Waals surface area contributed by atoms with Crippen LogP contribution in [0.25, 0.3) is 0 Å². The van der Waals surface area contributed by atoms with Gasteiger partial charge in [-0.15, -0.1) is 17.9 Å². The molecule has 21 heavy (non-hydrogen) atoms. The molecule has 1 aromatic heterocycles. The van der Waals surface area contributed by atoms with Crippen LogP contribution in [0.15, 0.2) is 12.7 Å². The topological polar surface area (TPSA) is 70.8 Å². The molecule has 118 valence electrons. The number of likely N-dealkylation sites (N-methyl/N-ethyl adjacent to an activating group) is 2. The summed E-state index contributed by atoms with van der Waals surface area (Å²) in [6, 6.07) is 0. The first kappa shape index (κ1) is 17.3. The number of rotatable bonds is 8. The Kier molecular flexibility index (Phi) is 6.51. The van der Waals surface area contributed by atoms with Gasteiger partial charge in [-0.25, -0.2) is 0 Å². The fourth-order valence-corrected chi connectivity index (χ4v) is 2.82. The fraction of sp³-hybridized carbons (Fsp3) is 0.500. The number of carbonyl (C=O) groups is 1. The van der Waals surface area contributed by atoms with Crippen LogP contribution in [0.4, 0.5) is 10.7 Å². The van der Waals surface area contributed by atoms with E-state index in [-0.39, 0.29) is 5.91 Å². The van der Waals surface area contributed by atoms with Gasteiger partial charge in [-0.05, 0) is 14.1 Å². The van der Waals surface area contributed by atoms with Crippen molar-refractivity contribution in [3.8, 4) is 5.75 Å². The molecule has 6 nitrogen and oxygen atoms in total. The zero-order valence-electron chi connectivity index (χ0n) is 13.1. The van der Waals surface area contributed by atoms with Gasteiger partial charge < -0.3 is 25.6 Å². The molecule has 1 amide bonds. The summed E-state index contributed by atoms with van der Waals surface area (Å²) in [5.74, 6) is 0.355. The van der Waals surface area contributed by atoms with Gasteiger partial charge in [-0.1, -0.05) is 6.08 Å². The molecule has 0 saturated carbocycles. The van der Waals surface area contributed by atoms with Gasteiger partial charge >= 0.3 is 0 Å². The molecule has 0 aromatic carbocycles. The summed E-state index contributed by atoms with van der Waals surface area (Å²) < 4.78 is 5.37. The molecule has 0 bridgehead atoms. The lowest BCUT2D eigenvalue weighted by molar-refractivity contribution is 0.0962. The van der Waals surface area contributed by atoms with Gasteiger partial charge in [-0.3, -0.25) is 4.79 Å². The number of nitrogens with one attached hydrogen (secondary N) is 1. The number of hydrogen-bond acceptors (Lipinski definition) is 6. The van der Waals surface area contributed by atoms with Crippen molar-refractivity contribution in [2.24, 2.45) is 0 Å². The van der Waals surface area contributed by atoms with Crippen LogP contribution in [0.5, 0.6) is 5.75 Å². The third kappa shape index (κ3) is 4.37. The monoisotopic (exact) mass is 312 g/mol. The number of nitrogen functional groups attached to an aromatic ring is 1. The van der Waals surface area contributed by atoms with Crippen LogP contribution in [0.1, 0.15) is 9.67 Å². The molecule has 3 N–H and O–H groups in total. The van der Waals surface area contributed by atoms with Gasteiger partial charge in [0.15, 0.2) is 5.75 Å². The minimum Gasteiger partial charge on any atom is -0.492 e. The van der Waals surface area contributed by atoms with Gasteiger partial charge in [0.1, 0.15) is 15.6 Å². The summed E-state index contributed by atoms with van der Waals surface area (Å²) in [4.78, 5) is 16.7. The van der Waals surface area contributed by atoms with Crippen molar-refractivity contribution in [2.75, 3.05) is 58.5 Å². The third-order valence-corrected chi connectivity index (χ3v) is 4.23. The van der Waals surface area contributed by atoms with Gasteiger partial charge in [0, 0.05) is 26.7 Å². The smallest absolute Gasteiger partial charge is 0.263 e. The van der Waals surface area contributed by atoms with E-state index in [4.69, 9.17) is 10.5 Å². The van der Waals surface area contributed by atoms with E-state index in [9.17, 15) is 4.79 Å². The molecule has 0 atom stereocenters. The molecule has 0 aliphatic heterocycles.